The molecule has 0 amide bonds. The molecule has 0 fully saturated rings. The molecule has 4 nitrogen and oxygen atoms in total. The Kier molecular flexibility index (Phi) is 3.27. The molecule has 8 heteroatoms. The van der Waals surface area contributed by atoms with Crippen molar-refractivity contribution in [3.05, 3.63) is 71.8 Å². The van der Waals surface area contributed by atoms with E-state index in [1.54, 1.807) is 24.3 Å². The predicted octanol–water partition coefficient (Wildman–Crippen LogP) is 7.51. The lowest BCUT2D eigenvalue weighted by Crippen LogP contribution is -1.98. The van der Waals surface area contributed by atoms with Crippen LogP contribution in [0.15, 0.2) is 66.2 Å². The van der Waals surface area contributed by atoms with Crippen LogP contribution in [0.3, 0.4) is 0 Å². The molecule has 6 rings (SSSR count). The molecule has 0 atom stereocenters. The van der Waals surface area contributed by atoms with Gasteiger partial charge in [0.25, 0.3) is 0 Å². The van der Waals surface area contributed by atoms with Crippen molar-refractivity contribution in [1.82, 2.24) is 0 Å². The lowest BCUT2D eigenvalue weighted by molar-refractivity contribution is 0.506. The van der Waals surface area contributed by atoms with Crippen LogP contribution in [0.2, 0.25) is 0 Å². The van der Waals surface area contributed by atoms with Crippen LogP contribution in [0, 0.1) is 23.3 Å². The van der Waals surface area contributed by atoms with E-state index in [4.69, 9.17) is 17.7 Å². The fraction of sp³-hybridized carbons (Fsp3) is 0. The summed E-state index contributed by atoms with van der Waals surface area (Å²) in [6.45, 7) is 0. The maximum atomic E-state index is 15.3. The van der Waals surface area contributed by atoms with Crippen LogP contribution in [-0.4, -0.2) is 0 Å². The van der Waals surface area contributed by atoms with Crippen molar-refractivity contribution >= 4 is 55.4 Å². The number of hydrogen-bond acceptors (Lipinski definition) is 4. The van der Waals surface area contributed by atoms with Crippen molar-refractivity contribution in [3.63, 3.8) is 0 Å². The van der Waals surface area contributed by atoms with E-state index in [0.717, 1.165) is 0 Å². The van der Waals surface area contributed by atoms with Crippen LogP contribution in [0.25, 0.3) is 55.4 Å². The summed E-state index contributed by atoms with van der Waals surface area (Å²) in [7, 11) is 0. The molecule has 2 aromatic heterocycles. The number of benzene rings is 4. The molecule has 148 valence electrons. The molecular weight excluding hydrogens is 404 g/mol. The lowest BCUT2D eigenvalue weighted by atomic mass is 10.1. The summed E-state index contributed by atoms with van der Waals surface area (Å²) in [6, 6.07) is 12.3. The van der Waals surface area contributed by atoms with E-state index < -0.39 is 56.4 Å². The zero-order valence-corrected chi connectivity index (χ0v) is 14.8. The standard InChI is InChI=1S/C22H8F4O4/c23-15-13-14(16(24)20-19(15)27-9-5-1-2-6-10(9)28-20)18(26)22-21(17(13)25)29-11-7-3-4-8-12(11)30-22/h1-8H. The van der Waals surface area contributed by atoms with Crippen LogP contribution < -0.4 is 0 Å². The number of fused-ring (bicyclic) bond motifs is 5. The first kappa shape index (κ1) is 17.0. The minimum absolute atomic E-state index is 0.106. The van der Waals surface area contributed by atoms with Crippen LogP contribution in [0.4, 0.5) is 17.6 Å². The van der Waals surface area contributed by atoms with Crippen molar-refractivity contribution in [2.75, 3.05) is 0 Å². The summed E-state index contributed by atoms with van der Waals surface area (Å²) >= 11 is 0. The second kappa shape index (κ2) is 5.79. The van der Waals surface area contributed by atoms with E-state index in [9.17, 15) is 0 Å². The average molecular weight is 412 g/mol. The quantitative estimate of drug-likeness (QED) is 0.191. The molecule has 0 saturated heterocycles. The number of rotatable bonds is 0. The third-order valence-electron chi connectivity index (χ3n) is 4.88. The number of halogens is 4. The molecule has 0 N–H and O–H groups in total. The van der Waals surface area contributed by atoms with Crippen molar-refractivity contribution in [2.45, 2.75) is 0 Å². The normalized spacial score (nSPS) is 12.0. The summed E-state index contributed by atoms with van der Waals surface area (Å²) in [5, 5.41) is -1.93. The van der Waals surface area contributed by atoms with Gasteiger partial charge in [0, 0.05) is 0 Å². The molecule has 0 radical (unpaired) electrons. The SMILES string of the molecule is Fc1c2oc3ccccc3oc2c(F)c2c(F)c3oc4ccccc4oc3c(F)c12. The molecule has 0 unspecified atom stereocenters. The molecule has 0 aliphatic heterocycles. The van der Waals surface area contributed by atoms with Gasteiger partial charge in [0.05, 0.1) is 10.8 Å². The van der Waals surface area contributed by atoms with E-state index in [1.807, 2.05) is 0 Å². The van der Waals surface area contributed by atoms with Crippen molar-refractivity contribution in [2.24, 2.45) is 0 Å². The summed E-state index contributed by atoms with van der Waals surface area (Å²) in [4.78, 5) is 0. The third-order valence-corrected chi connectivity index (χ3v) is 4.88. The van der Waals surface area contributed by atoms with Gasteiger partial charge in [-0.15, -0.1) is 0 Å². The fourth-order valence-corrected chi connectivity index (χ4v) is 3.53. The van der Waals surface area contributed by atoms with Gasteiger partial charge < -0.3 is 17.7 Å². The molecule has 0 aliphatic carbocycles. The van der Waals surface area contributed by atoms with Crippen LogP contribution in [0.5, 0.6) is 0 Å². The maximum Gasteiger partial charge on any atom is 0.209 e. The number of hydrogen-bond donors (Lipinski definition) is 0. The maximum absolute atomic E-state index is 15.3. The van der Waals surface area contributed by atoms with Gasteiger partial charge in [0.1, 0.15) is 0 Å². The Morgan fingerprint density at radius 2 is 0.633 bits per heavy atom. The van der Waals surface area contributed by atoms with E-state index in [1.165, 1.54) is 24.3 Å². The van der Waals surface area contributed by atoms with Gasteiger partial charge in [-0.25, -0.2) is 17.6 Å². The van der Waals surface area contributed by atoms with Crippen molar-refractivity contribution in [1.29, 1.82) is 0 Å². The van der Waals surface area contributed by atoms with Crippen LogP contribution >= 0.6 is 0 Å². The van der Waals surface area contributed by atoms with E-state index in [2.05, 4.69) is 0 Å². The Hall–Kier alpha value is -3.94. The summed E-state index contributed by atoms with van der Waals surface area (Å²) in [6.07, 6.45) is 0. The van der Waals surface area contributed by atoms with Gasteiger partial charge >= 0.3 is 0 Å². The highest BCUT2D eigenvalue weighted by Crippen LogP contribution is 2.40. The summed E-state index contributed by atoms with van der Waals surface area (Å²) in [5.41, 5.74) is -2.32. The highest BCUT2D eigenvalue weighted by molar-refractivity contribution is 6.03. The fourth-order valence-electron chi connectivity index (χ4n) is 3.53. The molecule has 4 aromatic carbocycles. The molecule has 6 aromatic rings. The predicted molar refractivity (Wildman–Crippen MR) is 100 cm³/mol. The third kappa shape index (κ3) is 2.10. The summed E-state index contributed by atoms with van der Waals surface area (Å²) in [5.74, 6) is -5.29. The highest BCUT2D eigenvalue weighted by Gasteiger charge is 2.29. The van der Waals surface area contributed by atoms with E-state index >= 15 is 17.6 Å². The van der Waals surface area contributed by atoms with E-state index in [-0.39, 0.29) is 22.3 Å². The largest absolute Gasteiger partial charge is 0.446 e. The molecule has 0 saturated carbocycles. The second-order valence-electron chi connectivity index (χ2n) is 6.62. The van der Waals surface area contributed by atoms with Gasteiger partial charge in [0.2, 0.25) is 22.3 Å². The minimum atomic E-state index is -1.32. The zero-order valence-electron chi connectivity index (χ0n) is 14.8. The zero-order chi connectivity index (χ0) is 20.6. The van der Waals surface area contributed by atoms with Gasteiger partial charge in [0.15, 0.2) is 45.6 Å². The second-order valence-corrected chi connectivity index (χ2v) is 6.62. The minimum Gasteiger partial charge on any atom is -0.446 e. The first-order valence-electron chi connectivity index (χ1n) is 8.79. The molecule has 0 aliphatic rings. The smallest absolute Gasteiger partial charge is 0.209 e. The van der Waals surface area contributed by atoms with Gasteiger partial charge in [-0.2, -0.15) is 0 Å². The Morgan fingerprint density at radius 3 is 0.867 bits per heavy atom. The number of para-hydroxylation sites is 4. The Labute approximate surface area is 163 Å². The Bertz CT molecular complexity index is 1450. The van der Waals surface area contributed by atoms with E-state index in [0.29, 0.717) is 0 Å². The van der Waals surface area contributed by atoms with Gasteiger partial charge in [-0.05, 0) is 24.3 Å². The molecule has 0 bridgehead atoms. The molecule has 0 spiro atoms. The van der Waals surface area contributed by atoms with Gasteiger partial charge in [-0.3, -0.25) is 0 Å². The Balaban J connectivity index is 1.89. The topological polar surface area (TPSA) is 52.6 Å². The van der Waals surface area contributed by atoms with Crippen LogP contribution in [-0.2, 0) is 0 Å². The average Bonchev–Trinajstić information content (AvgIpc) is 2.78. The first-order chi connectivity index (χ1) is 14.5. The van der Waals surface area contributed by atoms with Crippen molar-refractivity contribution in [3.8, 4) is 0 Å². The molecule has 2 heterocycles. The highest BCUT2D eigenvalue weighted by atomic mass is 19.1. The molecular formula is C22H8F4O4. The summed E-state index contributed by atoms with van der Waals surface area (Å²) < 4.78 is 82.6. The Morgan fingerprint density at radius 1 is 0.400 bits per heavy atom. The van der Waals surface area contributed by atoms with Gasteiger partial charge in [-0.1, -0.05) is 24.3 Å². The lowest BCUT2D eigenvalue weighted by Gasteiger charge is -2.11. The molecule has 30 heavy (non-hydrogen) atoms. The van der Waals surface area contributed by atoms with Crippen LogP contribution in [0.1, 0.15) is 0 Å². The monoisotopic (exact) mass is 412 g/mol. The first-order valence-corrected chi connectivity index (χ1v) is 8.79. The van der Waals surface area contributed by atoms with Crippen molar-refractivity contribution < 1.29 is 35.2 Å².